The van der Waals surface area contributed by atoms with Gasteiger partial charge in [-0.05, 0) is 153 Å². The fourth-order valence-corrected chi connectivity index (χ4v) is 9.31. The van der Waals surface area contributed by atoms with E-state index in [-0.39, 0.29) is 0 Å². The summed E-state index contributed by atoms with van der Waals surface area (Å²) in [6.45, 7) is 7.99. The molecule has 0 N–H and O–H groups in total. The van der Waals surface area contributed by atoms with Crippen molar-refractivity contribution >= 4 is 37.9 Å². The molecule has 0 aliphatic carbocycles. The summed E-state index contributed by atoms with van der Waals surface area (Å²) in [5.41, 5.74) is 22.4. The van der Waals surface area contributed by atoms with Gasteiger partial charge in [0.05, 0.1) is 11.0 Å². The van der Waals surface area contributed by atoms with Crippen LogP contribution in [-0.2, 0) is 0 Å². The molecule has 5 nitrogen and oxygen atoms in total. The Bertz CT molecular complexity index is 3450. The molecule has 0 spiro atoms. The number of hydrogen-bond donors (Lipinski definition) is 0. The van der Waals surface area contributed by atoms with Crippen molar-refractivity contribution in [1.29, 1.82) is 0 Å². The van der Waals surface area contributed by atoms with Crippen molar-refractivity contribution in [2.24, 2.45) is 0 Å². The Labute approximate surface area is 431 Å². The van der Waals surface area contributed by atoms with E-state index in [1.54, 1.807) is 0 Å². The molecule has 0 bridgehead atoms. The predicted molar refractivity (Wildman–Crippen MR) is 311 cm³/mol. The summed E-state index contributed by atoms with van der Waals surface area (Å²) in [5.74, 6) is 0. The van der Waals surface area contributed by atoms with Crippen LogP contribution < -0.4 is 0 Å². The summed E-state index contributed by atoms with van der Waals surface area (Å²) in [4.78, 5) is 22.8. The van der Waals surface area contributed by atoms with Crippen molar-refractivity contribution in [2.75, 3.05) is 0 Å². The monoisotopic (exact) mass is 956 g/mol. The fraction of sp³-hybridized carbons (Fsp3) is 0.0455. The van der Waals surface area contributed by atoms with Gasteiger partial charge in [0.2, 0.25) is 0 Å². The van der Waals surface area contributed by atoms with E-state index in [1.807, 2.05) is 81.3 Å². The summed E-state index contributed by atoms with van der Waals surface area (Å²) in [5, 5.41) is 2.28. The van der Waals surface area contributed by atoms with E-state index in [1.165, 1.54) is 22.3 Å². The van der Waals surface area contributed by atoms with Crippen LogP contribution in [-0.4, -0.2) is 31.9 Å². The van der Waals surface area contributed by atoms with Crippen LogP contribution in [0.4, 0.5) is 0 Å². The molecule has 1 atom stereocenters. The van der Waals surface area contributed by atoms with Crippen LogP contribution in [0.15, 0.2) is 250 Å². The van der Waals surface area contributed by atoms with E-state index in [9.17, 15) is 0 Å². The van der Waals surface area contributed by atoms with Crippen LogP contribution in [0.3, 0.4) is 0 Å². The SMILES string of the molecule is C[B]P.Cc1cc(-c2ccccc2)c2ccc3c(-c4ccccc4)cc(C)nc3c2n1.c1cncc(-c2cccc(-c3cc(-c4cccc(-c5cccnc5)c4)cc(-c4cccc(-c5cccnc5)c4)c3)c2)c1. The van der Waals surface area contributed by atoms with Crippen molar-refractivity contribution in [3.63, 3.8) is 0 Å². The molecule has 7 aromatic carbocycles. The van der Waals surface area contributed by atoms with E-state index in [0.29, 0.717) is 0 Å². The lowest BCUT2D eigenvalue weighted by atomic mass is 9.91. The fourth-order valence-electron chi connectivity index (χ4n) is 9.31. The predicted octanol–water partition coefficient (Wildman–Crippen LogP) is 17.1. The second-order valence-electron chi connectivity index (χ2n) is 17.8. The maximum Gasteiger partial charge on any atom is 0.134 e. The molecule has 1 unspecified atom stereocenters. The van der Waals surface area contributed by atoms with Crippen molar-refractivity contribution in [1.82, 2.24) is 24.9 Å². The van der Waals surface area contributed by atoms with E-state index < -0.39 is 0 Å². The molecular weight excluding hydrogens is 905 g/mol. The van der Waals surface area contributed by atoms with E-state index in [2.05, 4.69) is 220 Å². The Kier molecular flexibility index (Phi) is 14.8. The third-order valence-corrected chi connectivity index (χ3v) is 12.7. The summed E-state index contributed by atoms with van der Waals surface area (Å²) < 4.78 is 0. The van der Waals surface area contributed by atoms with Crippen LogP contribution in [0.25, 0.3) is 111 Å². The van der Waals surface area contributed by atoms with Crippen molar-refractivity contribution in [2.45, 2.75) is 20.7 Å². The van der Waals surface area contributed by atoms with Crippen molar-refractivity contribution < 1.29 is 0 Å². The molecule has 1 radical (unpaired) electrons. The molecule has 12 aromatic rings. The number of fused-ring (bicyclic) bond motifs is 3. The molecule has 73 heavy (non-hydrogen) atoms. The Morgan fingerprint density at radius 2 is 0.575 bits per heavy atom. The quantitative estimate of drug-likeness (QED) is 0.0862. The highest BCUT2D eigenvalue weighted by atomic mass is 31.0. The lowest BCUT2D eigenvalue weighted by Gasteiger charge is -2.14. The lowest BCUT2D eigenvalue weighted by molar-refractivity contribution is 1.23. The standard InChI is InChI=1S/C39H27N3.C26H20N2.CH5BP/c1-7-28(34-13-4-16-40-25-34)19-31(10-1)37-22-38(32-11-2-8-29(20-32)35-14-5-17-41-26-35)24-39(23-37)33-12-3-9-30(21-33)36-15-6-18-42-27-36;1-17-15-23(19-9-5-3-6-10-19)21-13-14-22-24(20-11-7-4-8-12-20)16-18(2)28-26(22)25(21)27-17;1-2-3/h1-27H;3-16H,1-2H3;3H2,1H3. The largest absolute Gasteiger partial charge is 0.264 e. The van der Waals surface area contributed by atoms with Gasteiger partial charge in [0, 0.05) is 76.0 Å². The zero-order chi connectivity index (χ0) is 49.9. The number of aryl methyl sites for hydroxylation is 2. The summed E-state index contributed by atoms with van der Waals surface area (Å²) in [7, 11) is 2.45. The summed E-state index contributed by atoms with van der Waals surface area (Å²) in [6.07, 6.45) is 11.2. The highest BCUT2D eigenvalue weighted by molar-refractivity contribution is 7.55. The zero-order valence-corrected chi connectivity index (χ0v) is 42.2. The Hall–Kier alpha value is -8.70. The first-order chi connectivity index (χ1) is 35.9. The summed E-state index contributed by atoms with van der Waals surface area (Å²) in [6, 6.07) is 74.9. The molecule has 0 fully saturated rings. The molecule has 0 aliphatic rings. The number of rotatable bonds is 8. The number of pyridine rings is 5. The highest BCUT2D eigenvalue weighted by Gasteiger charge is 2.15. The van der Waals surface area contributed by atoms with Gasteiger partial charge in [0.15, 0.2) is 0 Å². The maximum absolute atomic E-state index is 4.90. The minimum Gasteiger partial charge on any atom is -0.264 e. The average Bonchev–Trinajstić information content (AvgIpc) is 3.46. The normalized spacial score (nSPS) is 10.7. The number of hydrogen-bond acceptors (Lipinski definition) is 5. The van der Waals surface area contributed by atoms with E-state index in [0.717, 1.165) is 100.0 Å². The third-order valence-electron chi connectivity index (χ3n) is 12.7. The van der Waals surface area contributed by atoms with Crippen molar-refractivity contribution in [3.05, 3.63) is 261 Å². The molecule has 5 aromatic heterocycles. The first kappa shape index (κ1) is 48.0. The Balaban J connectivity index is 0.000000171. The van der Waals surface area contributed by atoms with Gasteiger partial charge >= 0.3 is 0 Å². The minimum atomic E-state index is 0.970. The molecule has 0 amide bonds. The van der Waals surface area contributed by atoms with Gasteiger partial charge in [0.25, 0.3) is 0 Å². The smallest absolute Gasteiger partial charge is 0.134 e. The second-order valence-corrected chi connectivity index (χ2v) is 18.5. The van der Waals surface area contributed by atoms with E-state index in [4.69, 9.17) is 9.97 Å². The van der Waals surface area contributed by atoms with Gasteiger partial charge in [-0.15, -0.1) is 0 Å². The number of nitrogens with zero attached hydrogens (tertiary/aromatic N) is 5. The van der Waals surface area contributed by atoms with Crippen LogP contribution in [0.2, 0.25) is 6.82 Å². The topological polar surface area (TPSA) is 64.5 Å². The van der Waals surface area contributed by atoms with Crippen molar-refractivity contribution in [3.8, 4) is 89.0 Å². The minimum absolute atomic E-state index is 0.970. The molecule has 0 saturated carbocycles. The first-order valence-corrected chi connectivity index (χ1v) is 25.1. The molecular formula is C66H52BN5P. The zero-order valence-electron chi connectivity index (χ0n) is 41.1. The van der Waals surface area contributed by atoms with Gasteiger partial charge in [-0.25, -0.2) is 0 Å². The maximum atomic E-state index is 4.90. The Morgan fingerprint density at radius 3 is 0.877 bits per heavy atom. The average molecular weight is 957 g/mol. The van der Waals surface area contributed by atoms with Gasteiger partial charge < -0.3 is 0 Å². The number of benzene rings is 7. The molecule has 0 saturated heterocycles. The highest BCUT2D eigenvalue weighted by Crippen LogP contribution is 2.38. The van der Waals surface area contributed by atoms with E-state index >= 15 is 0 Å². The molecule has 7 heteroatoms. The van der Waals surface area contributed by atoms with Crippen LogP contribution in [0, 0.1) is 13.8 Å². The molecule has 0 aliphatic heterocycles. The summed E-state index contributed by atoms with van der Waals surface area (Å²) >= 11 is 0. The van der Waals surface area contributed by atoms with Crippen LogP contribution >= 0.6 is 9.12 Å². The number of aromatic nitrogens is 5. The van der Waals surface area contributed by atoms with Gasteiger partial charge in [-0.3, -0.25) is 24.9 Å². The Morgan fingerprint density at radius 1 is 0.301 bits per heavy atom. The van der Waals surface area contributed by atoms with Crippen LogP contribution in [0.5, 0.6) is 0 Å². The van der Waals surface area contributed by atoms with Gasteiger partial charge in [-0.1, -0.05) is 152 Å². The molecule has 349 valence electrons. The molecule has 5 heterocycles. The molecule has 12 rings (SSSR count). The van der Waals surface area contributed by atoms with Gasteiger partial charge in [-0.2, -0.15) is 9.12 Å². The lowest BCUT2D eigenvalue weighted by Crippen LogP contribution is -1.94. The third kappa shape index (κ3) is 11.1. The van der Waals surface area contributed by atoms with Gasteiger partial charge in [0.1, 0.15) is 7.00 Å². The second kappa shape index (κ2) is 22.6. The first-order valence-electron chi connectivity index (χ1n) is 24.4. The van der Waals surface area contributed by atoms with Crippen LogP contribution in [0.1, 0.15) is 11.4 Å².